The van der Waals surface area contributed by atoms with Gasteiger partial charge in [-0.2, -0.15) is 0 Å². The topological polar surface area (TPSA) is 73.1 Å². The van der Waals surface area contributed by atoms with E-state index in [9.17, 15) is 0 Å². The van der Waals surface area contributed by atoms with Crippen LogP contribution in [-0.2, 0) is 4.74 Å². The van der Waals surface area contributed by atoms with Crippen molar-refractivity contribution < 1.29 is 4.74 Å². The number of hydrogen-bond donors (Lipinski definition) is 2. The average Bonchev–Trinajstić information content (AvgIpc) is 2.13. The normalized spacial score (nSPS) is 12.5. The Kier molecular flexibility index (Phi) is 4.30. The summed E-state index contributed by atoms with van der Waals surface area (Å²) in [7, 11) is 1.69. The van der Waals surface area contributed by atoms with Gasteiger partial charge in [0.1, 0.15) is 17.5 Å². The van der Waals surface area contributed by atoms with Crippen LogP contribution in [0.1, 0.15) is 19.2 Å². The van der Waals surface area contributed by atoms with Gasteiger partial charge in [-0.25, -0.2) is 9.97 Å². The standard InChI is InChI=1S/C10H18N4O/c1-7(4-5-15-3)12-10-6-9(11)13-8(2)14-10/h6-7H,4-5H2,1-3H3,(H3,11,12,13,14). The van der Waals surface area contributed by atoms with Gasteiger partial charge in [-0.05, 0) is 20.3 Å². The molecule has 0 saturated heterocycles. The van der Waals surface area contributed by atoms with Crippen LogP contribution in [0.2, 0.25) is 0 Å². The fourth-order valence-electron chi connectivity index (χ4n) is 1.28. The van der Waals surface area contributed by atoms with E-state index in [4.69, 9.17) is 10.5 Å². The lowest BCUT2D eigenvalue weighted by Crippen LogP contribution is -2.18. The van der Waals surface area contributed by atoms with Gasteiger partial charge in [0.05, 0.1) is 0 Å². The molecule has 0 bridgehead atoms. The molecule has 5 nitrogen and oxygen atoms in total. The number of aryl methyl sites for hydroxylation is 1. The SMILES string of the molecule is COCCC(C)Nc1cc(N)nc(C)n1. The Morgan fingerprint density at radius 1 is 1.53 bits per heavy atom. The van der Waals surface area contributed by atoms with E-state index in [1.807, 2.05) is 6.92 Å². The van der Waals surface area contributed by atoms with Crippen LogP contribution in [0.4, 0.5) is 11.6 Å². The Morgan fingerprint density at radius 2 is 2.27 bits per heavy atom. The highest BCUT2D eigenvalue weighted by atomic mass is 16.5. The molecule has 1 aromatic heterocycles. The third kappa shape index (κ3) is 4.12. The first kappa shape index (κ1) is 11.7. The Balaban J connectivity index is 2.56. The number of aromatic nitrogens is 2. The van der Waals surface area contributed by atoms with Gasteiger partial charge in [0.15, 0.2) is 0 Å². The van der Waals surface area contributed by atoms with Crippen molar-refractivity contribution >= 4 is 11.6 Å². The number of nitrogen functional groups attached to an aromatic ring is 1. The van der Waals surface area contributed by atoms with Crippen molar-refractivity contribution in [3.63, 3.8) is 0 Å². The van der Waals surface area contributed by atoms with Crippen LogP contribution in [0.15, 0.2) is 6.07 Å². The van der Waals surface area contributed by atoms with Gasteiger partial charge in [-0.15, -0.1) is 0 Å². The molecule has 0 fully saturated rings. The van der Waals surface area contributed by atoms with E-state index in [-0.39, 0.29) is 0 Å². The highest BCUT2D eigenvalue weighted by molar-refractivity contribution is 5.44. The van der Waals surface area contributed by atoms with Gasteiger partial charge in [0.25, 0.3) is 0 Å². The molecule has 84 valence electrons. The molecule has 0 aliphatic rings. The van der Waals surface area contributed by atoms with Crippen molar-refractivity contribution in [1.29, 1.82) is 0 Å². The fraction of sp³-hybridized carbons (Fsp3) is 0.600. The molecule has 3 N–H and O–H groups in total. The minimum absolute atomic E-state index is 0.304. The van der Waals surface area contributed by atoms with E-state index < -0.39 is 0 Å². The molecule has 1 aromatic rings. The zero-order chi connectivity index (χ0) is 11.3. The van der Waals surface area contributed by atoms with Crippen molar-refractivity contribution in [3.8, 4) is 0 Å². The van der Waals surface area contributed by atoms with E-state index in [1.165, 1.54) is 0 Å². The summed E-state index contributed by atoms with van der Waals surface area (Å²) in [5.74, 6) is 1.93. The largest absolute Gasteiger partial charge is 0.385 e. The number of anilines is 2. The Bertz CT molecular complexity index is 296. The number of methoxy groups -OCH3 is 1. The number of nitrogens with one attached hydrogen (secondary N) is 1. The molecule has 1 rings (SSSR count). The van der Waals surface area contributed by atoms with Crippen molar-refractivity contribution in [2.75, 3.05) is 24.8 Å². The van der Waals surface area contributed by atoms with Crippen molar-refractivity contribution in [2.24, 2.45) is 0 Å². The van der Waals surface area contributed by atoms with Crippen molar-refractivity contribution in [3.05, 3.63) is 11.9 Å². The second-order valence-electron chi connectivity index (χ2n) is 3.55. The van der Waals surface area contributed by atoms with E-state index >= 15 is 0 Å². The summed E-state index contributed by atoms with van der Waals surface area (Å²) in [4.78, 5) is 8.24. The summed E-state index contributed by atoms with van der Waals surface area (Å²) in [6, 6.07) is 2.04. The maximum absolute atomic E-state index is 5.62. The molecule has 0 radical (unpaired) electrons. The highest BCUT2D eigenvalue weighted by Crippen LogP contribution is 2.10. The summed E-state index contributed by atoms with van der Waals surface area (Å²) < 4.78 is 5.00. The number of hydrogen-bond acceptors (Lipinski definition) is 5. The van der Waals surface area contributed by atoms with E-state index in [0.29, 0.717) is 17.7 Å². The molecule has 0 spiro atoms. The van der Waals surface area contributed by atoms with Crippen LogP contribution in [0.5, 0.6) is 0 Å². The second-order valence-corrected chi connectivity index (χ2v) is 3.55. The Hall–Kier alpha value is -1.36. The van der Waals surface area contributed by atoms with Gasteiger partial charge in [0.2, 0.25) is 0 Å². The number of ether oxygens (including phenoxy) is 1. The molecule has 0 amide bonds. The fourth-order valence-corrected chi connectivity index (χ4v) is 1.28. The van der Waals surface area contributed by atoms with Crippen LogP contribution in [0.25, 0.3) is 0 Å². The summed E-state index contributed by atoms with van der Waals surface area (Å²) in [6.07, 6.45) is 0.930. The minimum atomic E-state index is 0.304. The summed E-state index contributed by atoms with van der Waals surface area (Å²) >= 11 is 0. The zero-order valence-corrected chi connectivity index (χ0v) is 9.45. The van der Waals surface area contributed by atoms with Crippen molar-refractivity contribution in [2.45, 2.75) is 26.3 Å². The Morgan fingerprint density at radius 3 is 2.87 bits per heavy atom. The molecule has 15 heavy (non-hydrogen) atoms. The van der Waals surface area contributed by atoms with Gasteiger partial charge in [0, 0.05) is 25.8 Å². The molecule has 0 aliphatic heterocycles. The molecular formula is C10H18N4O. The first-order valence-corrected chi connectivity index (χ1v) is 4.98. The van der Waals surface area contributed by atoms with E-state index in [1.54, 1.807) is 13.2 Å². The minimum Gasteiger partial charge on any atom is -0.385 e. The first-order valence-electron chi connectivity index (χ1n) is 4.98. The molecule has 0 saturated carbocycles. The second kappa shape index (κ2) is 5.50. The molecule has 1 unspecified atom stereocenters. The van der Waals surface area contributed by atoms with Gasteiger partial charge < -0.3 is 15.8 Å². The molecule has 5 heteroatoms. The lowest BCUT2D eigenvalue weighted by atomic mass is 10.2. The lowest BCUT2D eigenvalue weighted by Gasteiger charge is -2.14. The third-order valence-corrected chi connectivity index (χ3v) is 2.01. The smallest absolute Gasteiger partial charge is 0.131 e. The van der Waals surface area contributed by atoms with Crippen LogP contribution in [-0.4, -0.2) is 29.7 Å². The number of rotatable bonds is 5. The quantitative estimate of drug-likeness (QED) is 0.764. The molecule has 0 aliphatic carbocycles. The predicted octanol–water partition coefficient (Wildman–Crippen LogP) is 1.20. The summed E-state index contributed by atoms with van der Waals surface area (Å²) in [5, 5.41) is 3.25. The maximum Gasteiger partial charge on any atom is 0.131 e. The highest BCUT2D eigenvalue weighted by Gasteiger charge is 2.04. The summed E-state index contributed by atoms with van der Waals surface area (Å²) in [6.45, 7) is 4.63. The predicted molar refractivity (Wildman–Crippen MR) is 60.8 cm³/mol. The van der Waals surface area contributed by atoms with Crippen molar-refractivity contribution in [1.82, 2.24) is 9.97 Å². The summed E-state index contributed by atoms with van der Waals surface area (Å²) in [5.41, 5.74) is 5.62. The van der Waals surface area contributed by atoms with E-state index in [2.05, 4.69) is 22.2 Å². The van der Waals surface area contributed by atoms with Crippen LogP contribution >= 0.6 is 0 Å². The van der Waals surface area contributed by atoms with Crippen LogP contribution < -0.4 is 11.1 Å². The third-order valence-electron chi connectivity index (χ3n) is 2.01. The lowest BCUT2D eigenvalue weighted by molar-refractivity contribution is 0.191. The van der Waals surface area contributed by atoms with Gasteiger partial charge >= 0.3 is 0 Å². The zero-order valence-electron chi connectivity index (χ0n) is 9.45. The Labute approximate surface area is 90.1 Å². The molecule has 1 heterocycles. The van der Waals surface area contributed by atoms with Gasteiger partial charge in [-0.1, -0.05) is 0 Å². The molecule has 0 aromatic carbocycles. The molecule has 1 atom stereocenters. The maximum atomic E-state index is 5.62. The number of nitrogens with zero attached hydrogens (tertiary/aromatic N) is 2. The average molecular weight is 210 g/mol. The van der Waals surface area contributed by atoms with E-state index in [0.717, 1.165) is 18.8 Å². The number of nitrogens with two attached hydrogens (primary N) is 1. The van der Waals surface area contributed by atoms with Crippen LogP contribution in [0, 0.1) is 6.92 Å². The first-order chi connectivity index (χ1) is 7.11. The van der Waals surface area contributed by atoms with Crippen LogP contribution in [0.3, 0.4) is 0 Å². The van der Waals surface area contributed by atoms with Gasteiger partial charge in [-0.3, -0.25) is 0 Å². The monoisotopic (exact) mass is 210 g/mol. The molecular weight excluding hydrogens is 192 g/mol.